The number of anilines is 1. The van der Waals surface area contributed by atoms with Gasteiger partial charge in [-0.2, -0.15) is 0 Å². The van der Waals surface area contributed by atoms with Crippen LogP contribution in [-0.2, 0) is 4.79 Å². The van der Waals surface area contributed by atoms with Crippen LogP contribution in [0.2, 0.25) is 0 Å². The third-order valence-electron chi connectivity index (χ3n) is 2.51. The van der Waals surface area contributed by atoms with Gasteiger partial charge in [0.05, 0.1) is 0 Å². The summed E-state index contributed by atoms with van der Waals surface area (Å²) >= 11 is 3.16. The Hall–Kier alpha value is -1.88. The molecule has 0 saturated heterocycles. The van der Waals surface area contributed by atoms with Gasteiger partial charge in [0.1, 0.15) is 11.6 Å². The van der Waals surface area contributed by atoms with Crippen LogP contribution >= 0.6 is 15.9 Å². The van der Waals surface area contributed by atoms with Crippen LogP contribution in [0.3, 0.4) is 0 Å². The van der Waals surface area contributed by atoms with Crippen molar-refractivity contribution in [3.05, 3.63) is 58.3 Å². The molecule has 0 aliphatic carbocycles. The number of carbonyl (C=O) groups excluding carboxylic acids is 1. The summed E-state index contributed by atoms with van der Waals surface area (Å²) in [4.78, 5) is 11.7. The quantitative estimate of drug-likeness (QED) is 0.918. The predicted octanol–water partition coefficient (Wildman–Crippen LogP) is 3.91. The molecule has 0 bridgehead atoms. The maximum absolute atomic E-state index is 13.1. The number of amides is 1. The van der Waals surface area contributed by atoms with Gasteiger partial charge in [0.15, 0.2) is 6.61 Å². The highest BCUT2D eigenvalue weighted by Gasteiger charge is 2.05. The van der Waals surface area contributed by atoms with E-state index in [9.17, 15) is 9.18 Å². The van der Waals surface area contributed by atoms with Gasteiger partial charge in [-0.25, -0.2) is 4.39 Å². The Morgan fingerprint density at radius 1 is 1.30 bits per heavy atom. The second-order valence-corrected chi connectivity index (χ2v) is 5.23. The van der Waals surface area contributed by atoms with Crippen molar-refractivity contribution < 1.29 is 13.9 Å². The molecule has 2 aromatic carbocycles. The summed E-state index contributed by atoms with van der Waals surface area (Å²) in [7, 11) is 0. The maximum atomic E-state index is 13.1. The number of halogens is 2. The summed E-state index contributed by atoms with van der Waals surface area (Å²) in [5.41, 5.74) is 1.76. The molecule has 0 saturated carbocycles. The van der Waals surface area contributed by atoms with Crippen molar-refractivity contribution in [2.75, 3.05) is 11.9 Å². The van der Waals surface area contributed by atoms with Gasteiger partial charge < -0.3 is 10.1 Å². The van der Waals surface area contributed by atoms with Gasteiger partial charge in [0, 0.05) is 16.2 Å². The summed E-state index contributed by atoms with van der Waals surface area (Å²) in [5, 5.41) is 2.71. The first kappa shape index (κ1) is 14.5. The van der Waals surface area contributed by atoms with Crippen molar-refractivity contribution in [2.45, 2.75) is 6.92 Å². The van der Waals surface area contributed by atoms with Crippen LogP contribution in [0.25, 0.3) is 0 Å². The van der Waals surface area contributed by atoms with Gasteiger partial charge in [-0.15, -0.1) is 0 Å². The number of ether oxygens (including phenoxy) is 1. The number of hydrogen-bond donors (Lipinski definition) is 1. The molecule has 0 spiro atoms. The third kappa shape index (κ3) is 4.35. The molecule has 3 nitrogen and oxygen atoms in total. The Balaban J connectivity index is 1.92. The summed E-state index contributed by atoms with van der Waals surface area (Å²) in [5.74, 6) is -0.416. The zero-order valence-electron chi connectivity index (χ0n) is 10.8. The van der Waals surface area contributed by atoms with E-state index in [1.807, 2.05) is 25.1 Å². The number of nitrogens with one attached hydrogen (secondary N) is 1. The van der Waals surface area contributed by atoms with Crippen molar-refractivity contribution in [1.82, 2.24) is 0 Å². The molecular formula is C15H13BrFNO2. The summed E-state index contributed by atoms with van der Waals surface area (Å²) < 4.78 is 18.9. The van der Waals surface area contributed by atoms with E-state index < -0.39 is 5.82 Å². The van der Waals surface area contributed by atoms with Crippen molar-refractivity contribution in [3.8, 4) is 5.75 Å². The molecule has 0 aliphatic heterocycles. The van der Waals surface area contributed by atoms with E-state index in [1.165, 1.54) is 12.1 Å². The van der Waals surface area contributed by atoms with E-state index in [0.717, 1.165) is 5.56 Å². The van der Waals surface area contributed by atoms with E-state index in [2.05, 4.69) is 21.2 Å². The van der Waals surface area contributed by atoms with Crippen molar-refractivity contribution in [1.29, 1.82) is 0 Å². The minimum atomic E-state index is -0.423. The molecule has 2 aromatic rings. The predicted molar refractivity (Wildman–Crippen MR) is 79.4 cm³/mol. The normalized spacial score (nSPS) is 10.2. The monoisotopic (exact) mass is 337 g/mol. The first-order chi connectivity index (χ1) is 9.52. The van der Waals surface area contributed by atoms with Gasteiger partial charge in [-0.3, -0.25) is 4.79 Å². The van der Waals surface area contributed by atoms with E-state index >= 15 is 0 Å². The summed E-state index contributed by atoms with van der Waals surface area (Å²) in [6, 6.07) is 11.6. The van der Waals surface area contributed by atoms with Gasteiger partial charge in [-0.1, -0.05) is 28.1 Å². The van der Waals surface area contributed by atoms with Crippen molar-refractivity contribution in [2.24, 2.45) is 0 Å². The average molecular weight is 338 g/mol. The molecule has 0 unspecified atom stereocenters. The number of carbonyl (C=O) groups is 1. The Bertz CT molecular complexity index is 611. The first-order valence-electron chi connectivity index (χ1n) is 5.98. The Kier molecular flexibility index (Phi) is 4.74. The van der Waals surface area contributed by atoms with Crippen LogP contribution in [0.15, 0.2) is 46.9 Å². The maximum Gasteiger partial charge on any atom is 0.262 e. The SMILES string of the molecule is Cc1cccc(NC(=O)COc2cc(F)cc(Br)c2)c1. The molecule has 0 fully saturated rings. The summed E-state index contributed by atoms with van der Waals surface area (Å²) in [6.45, 7) is 1.76. The fourth-order valence-electron chi connectivity index (χ4n) is 1.68. The van der Waals surface area contributed by atoms with E-state index in [1.54, 1.807) is 12.1 Å². The minimum Gasteiger partial charge on any atom is -0.484 e. The molecule has 1 N–H and O–H groups in total. The highest BCUT2D eigenvalue weighted by atomic mass is 79.9. The number of rotatable bonds is 4. The smallest absolute Gasteiger partial charge is 0.262 e. The highest BCUT2D eigenvalue weighted by Crippen LogP contribution is 2.20. The Morgan fingerprint density at radius 2 is 2.10 bits per heavy atom. The molecule has 0 heterocycles. The topological polar surface area (TPSA) is 38.3 Å². The van der Waals surface area contributed by atoms with Crippen LogP contribution < -0.4 is 10.1 Å². The van der Waals surface area contributed by atoms with Gasteiger partial charge in [0.25, 0.3) is 5.91 Å². The minimum absolute atomic E-state index is 0.177. The Morgan fingerprint density at radius 3 is 2.80 bits per heavy atom. The van der Waals surface area contributed by atoms with Gasteiger partial charge >= 0.3 is 0 Å². The molecule has 0 aliphatic rings. The molecule has 104 valence electrons. The van der Waals surface area contributed by atoms with Crippen LogP contribution in [0, 0.1) is 12.7 Å². The van der Waals surface area contributed by atoms with E-state index in [-0.39, 0.29) is 12.5 Å². The van der Waals surface area contributed by atoms with Crippen molar-refractivity contribution >= 4 is 27.5 Å². The lowest BCUT2D eigenvalue weighted by atomic mass is 10.2. The van der Waals surface area contributed by atoms with Crippen LogP contribution in [0.4, 0.5) is 10.1 Å². The Labute approximate surface area is 124 Å². The molecule has 0 atom stereocenters. The first-order valence-corrected chi connectivity index (χ1v) is 6.77. The zero-order chi connectivity index (χ0) is 14.5. The standard InChI is InChI=1S/C15H13BrFNO2/c1-10-3-2-4-13(5-10)18-15(19)9-20-14-7-11(16)6-12(17)8-14/h2-8H,9H2,1H3,(H,18,19). The molecule has 0 radical (unpaired) electrons. The average Bonchev–Trinajstić information content (AvgIpc) is 2.35. The van der Waals surface area contributed by atoms with Crippen LogP contribution in [0.5, 0.6) is 5.75 Å². The number of aryl methyl sites for hydroxylation is 1. The lowest BCUT2D eigenvalue weighted by molar-refractivity contribution is -0.118. The third-order valence-corrected chi connectivity index (χ3v) is 2.97. The largest absolute Gasteiger partial charge is 0.484 e. The van der Waals surface area contributed by atoms with Crippen molar-refractivity contribution in [3.63, 3.8) is 0 Å². The second kappa shape index (κ2) is 6.52. The zero-order valence-corrected chi connectivity index (χ0v) is 12.4. The van der Waals surface area contributed by atoms with Crippen LogP contribution in [0.1, 0.15) is 5.56 Å². The fourth-order valence-corrected chi connectivity index (χ4v) is 2.12. The molecule has 2 rings (SSSR count). The highest BCUT2D eigenvalue weighted by molar-refractivity contribution is 9.10. The molecule has 20 heavy (non-hydrogen) atoms. The summed E-state index contributed by atoms with van der Waals surface area (Å²) in [6.07, 6.45) is 0. The molecule has 5 heteroatoms. The van der Waals surface area contributed by atoms with Gasteiger partial charge in [-0.05, 0) is 36.8 Å². The van der Waals surface area contributed by atoms with Crippen LogP contribution in [-0.4, -0.2) is 12.5 Å². The second-order valence-electron chi connectivity index (χ2n) is 4.31. The fraction of sp³-hybridized carbons (Fsp3) is 0.133. The van der Waals surface area contributed by atoms with E-state index in [4.69, 9.17) is 4.74 Å². The lowest BCUT2D eigenvalue weighted by Gasteiger charge is -2.08. The number of hydrogen-bond acceptors (Lipinski definition) is 2. The van der Waals surface area contributed by atoms with Gasteiger partial charge in [0.2, 0.25) is 0 Å². The number of benzene rings is 2. The molecular weight excluding hydrogens is 325 g/mol. The van der Waals surface area contributed by atoms with E-state index in [0.29, 0.717) is 15.9 Å². The molecule has 0 aromatic heterocycles. The molecule has 1 amide bonds. The lowest BCUT2D eigenvalue weighted by Crippen LogP contribution is -2.20.